The normalized spacial score (nSPS) is 4.00. The molecule has 0 rings (SSSR count). The van der Waals surface area contributed by atoms with E-state index in [2.05, 4.69) is 0 Å². The summed E-state index contributed by atoms with van der Waals surface area (Å²) in [7, 11) is 0. The molecule has 0 saturated heterocycles. The third-order valence-electron chi connectivity index (χ3n) is 0. The summed E-state index contributed by atoms with van der Waals surface area (Å²) in [6, 6.07) is 0. The monoisotopic (exact) mass is 300 g/mol. The molecule has 0 saturated carbocycles. The van der Waals surface area contributed by atoms with Gasteiger partial charge in [-0.25, -0.2) is 0 Å². The molecule has 0 fully saturated rings. The van der Waals surface area contributed by atoms with Crippen molar-refractivity contribution < 1.29 is 45.2 Å². The van der Waals surface area contributed by atoms with E-state index >= 15 is 0 Å². The van der Waals surface area contributed by atoms with Crippen LogP contribution in [0.15, 0.2) is 0 Å². The number of thioether (sulfide) groups is 2. The van der Waals surface area contributed by atoms with Gasteiger partial charge in [0.05, 0.1) is 0 Å². The third-order valence-corrected chi connectivity index (χ3v) is 0. The minimum atomic E-state index is 0. The van der Waals surface area contributed by atoms with Crippen LogP contribution in [0.3, 0.4) is 0 Å². The van der Waals surface area contributed by atoms with Gasteiger partial charge in [0.1, 0.15) is 0 Å². The van der Waals surface area contributed by atoms with E-state index in [-0.39, 0.29) is 45.2 Å². The molecule has 0 aromatic heterocycles. The first-order chi connectivity index (χ1) is 2.83. The van der Waals surface area contributed by atoms with Crippen LogP contribution < -0.4 is 24.8 Å². The van der Waals surface area contributed by atoms with Crippen LogP contribution in [0.25, 0.3) is 0 Å². The van der Waals surface area contributed by atoms with E-state index in [1.165, 1.54) is 0 Å². The van der Waals surface area contributed by atoms with Gasteiger partial charge >= 0.3 is 0 Å². The Hall–Kier alpha value is 1.94. The fourth-order valence-electron chi connectivity index (χ4n) is 0. The van der Waals surface area contributed by atoms with Gasteiger partial charge in [0.2, 0.25) is 0 Å². The van der Waals surface area contributed by atoms with Crippen molar-refractivity contribution in [3.63, 3.8) is 0 Å². The molecule has 0 aromatic rings. The minimum absolute atomic E-state index is 0. The maximum absolute atomic E-state index is 2.04. The largest absolute Gasteiger partial charge is 1.00 e. The van der Waals surface area contributed by atoms with Crippen molar-refractivity contribution in [1.29, 1.82) is 0 Å². The zero-order valence-electron chi connectivity index (χ0n) is 5.89. The fourth-order valence-corrected chi connectivity index (χ4v) is 0. The van der Waals surface area contributed by atoms with Crippen molar-refractivity contribution in [3.05, 3.63) is 0 Å². The summed E-state index contributed by atoms with van der Waals surface area (Å²) in [5, 5.41) is 0. The summed E-state index contributed by atoms with van der Waals surface area (Å²) in [4.78, 5) is 0. The van der Waals surface area contributed by atoms with Gasteiger partial charge < -0.3 is 24.8 Å². The molecule has 0 nitrogen and oxygen atoms in total. The smallest absolute Gasteiger partial charge is 0 e. The summed E-state index contributed by atoms with van der Waals surface area (Å²) in [5.74, 6) is 0. The maximum atomic E-state index is 2.04. The van der Waals surface area contributed by atoms with Gasteiger partial charge in [-0.1, -0.05) is 0 Å². The number of hydrogen-bond donors (Lipinski definition) is 0. The quantitative estimate of drug-likeness (QED) is 0.418. The summed E-state index contributed by atoms with van der Waals surface area (Å²) < 4.78 is 0. The predicted octanol–water partition coefficient (Wildman–Crippen LogP) is -4.04. The molecule has 0 aromatic carbocycles. The number of hydrogen-bond acceptors (Lipinski definition) is 2. The van der Waals surface area contributed by atoms with Gasteiger partial charge in [-0.15, -0.1) is 0 Å². The van der Waals surface area contributed by atoms with Crippen molar-refractivity contribution in [2.75, 3.05) is 25.0 Å². The topological polar surface area (TPSA) is 0 Å². The molecule has 0 N–H and O–H groups in total. The molecule has 0 unspecified atom stereocenters. The Labute approximate surface area is 93.2 Å². The standard InChI is InChI=1S/2C2H6S.2ClH.Pd/c2*1-3-2;;;/h2*1-2H3;2*1H;/p-2. The SMILES string of the molecule is CSC.CSC.[Cl-].[Cl-].[Pd]. The average molecular weight is 302 g/mol. The minimum Gasteiger partial charge on any atom is -1.00 e. The second kappa shape index (κ2) is 51.2. The van der Waals surface area contributed by atoms with E-state index in [4.69, 9.17) is 0 Å². The van der Waals surface area contributed by atoms with Crippen LogP contribution in [0.1, 0.15) is 0 Å². The molecule has 0 bridgehead atoms. The summed E-state index contributed by atoms with van der Waals surface area (Å²) in [6.07, 6.45) is 8.17. The van der Waals surface area contributed by atoms with Gasteiger partial charge in [-0.2, -0.15) is 23.5 Å². The van der Waals surface area contributed by atoms with Crippen LogP contribution in [0, 0.1) is 0 Å². The molecular weight excluding hydrogens is 290 g/mol. The van der Waals surface area contributed by atoms with Crippen molar-refractivity contribution in [2.45, 2.75) is 0 Å². The molecule has 0 atom stereocenters. The van der Waals surface area contributed by atoms with E-state index in [9.17, 15) is 0 Å². The second-order valence-electron chi connectivity index (χ2n) is 0.816. The maximum Gasteiger partial charge on any atom is 0 e. The Bertz CT molecular complexity index is 18.5. The predicted molar refractivity (Wildman–Crippen MR) is 38.9 cm³/mol. The fraction of sp³-hybridized carbons (Fsp3) is 1.00. The van der Waals surface area contributed by atoms with Crippen LogP contribution in [0.4, 0.5) is 0 Å². The Morgan fingerprint density at radius 1 is 0.667 bits per heavy atom. The molecule has 0 amide bonds. The average Bonchev–Trinajstić information content (AvgIpc) is 1.39. The number of halogens is 2. The molecule has 66 valence electrons. The summed E-state index contributed by atoms with van der Waals surface area (Å²) in [6.45, 7) is 0. The number of rotatable bonds is 0. The molecule has 9 heavy (non-hydrogen) atoms. The van der Waals surface area contributed by atoms with E-state index in [1.54, 1.807) is 23.5 Å². The van der Waals surface area contributed by atoms with Crippen LogP contribution in [-0.4, -0.2) is 25.0 Å². The summed E-state index contributed by atoms with van der Waals surface area (Å²) in [5.41, 5.74) is 0. The molecule has 5 heteroatoms. The van der Waals surface area contributed by atoms with Crippen molar-refractivity contribution in [3.8, 4) is 0 Å². The third kappa shape index (κ3) is 166. The van der Waals surface area contributed by atoms with Crippen LogP contribution >= 0.6 is 23.5 Å². The molecular formula is C4H12Cl2PdS2-2. The van der Waals surface area contributed by atoms with E-state index in [0.29, 0.717) is 0 Å². The zero-order valence-corrected chi connectivity index (χ0v) is 10.6. The van der Waals surface area contributed by atoms with Gasteiger partial charge in [-0.05, 0) is 25.0 Å². The Balaban J connectivity index is -0.00000000889. The molecule has 0 heterocycles. The van der Waals surface area contributed by atoms with Gasteiger partial charge in [0, 0.05) is 20.4 Å². The molecule has 0 aliphatic heterocycles. The molecule has 0 aliphatic carbocycles. The second-order valence-corrected chi connectivity index (χ2v) is 2.45. The van der Waals surface area contributed by atoms with E-state index < -0.39 is 0 Å². The van der Waals surface area contributed by atoms with Gasteiger partial charge in [0.25, 0.3) is 0 Å². The van der Waals surface area contributed by atoms with Gasteiger partial charge in [-0.3, -0.25) is 0 Å². The molecule has 0 aliphatic rings. The first-order valence-corrected chi connectivity index (χ1v) is 4.90. The van der Waals surface area contributed by atoms with Crippen LogP contribution in [-0.2, 0) is 20.4 Å². The van der Waals surface area contributed by atoms with Crippen LogP contribution in [0.5, 0.6) is 0 Å². The Kier molecular flexibility index (Phi) is 174. The summed E-state index contributed by atoms with van der Waals surface area (Å²) >= 11 is 3.50. The van der Waals surface area contributed by atoms with E-state index in [0.717, 1.165) is 0 Å². The first kappa shape index (κ1) is 30.6. The van der Waals surface area contributed by atoms with Crippen molar-refractivity contribution >= 4 is 23.5 Å². The molecule has 0 radical (unpaired) electrons. The zero-order chi connectivity index (χ0) is 5.41. The van der Waals surface area contributed by atoms with E-state index in [1.807, 2.05) is 25.0 Å². The van der Waals surface area contributed by atoms with Gasteiger partial charge in [0.15, 0.2) is 0 Å². The first-order valence-electron chi connectivity index (χ1n) is 1.63. The molecule has 0 spiro atoms. The Morgan fingerprint density at radius 3 is 0.667 bits per heavy atom. The van der Waals surface area contributed by atoms with Crippen molar-refractivity contribution in [2.24, 2.45) is 0 Å². The van der Waals surface area contributed by atoms with Crippen molar-refractivity contribution in [1.82, 2.24) is 0 Å². The Morgan fingerprint density at radius 2 is 0.667 bits per heavy atom. The van der Waals surface area contributed by atoms with Crippen LogP contribution in [0.2, 0.25) is 0 Å².